The van der Waals surface area contributed by atoms with Crippen molar-refractivity contribution < 1.29 is 22.7 Å². The quantitative estimate of drug-likeness (QED) is 0.775. The van der Waals surface area contributed by atoms with Crippen molar-refractivity contribution in [1.29, 1.82) is 0 Å². The Hall–Kier alpha value is -2.13. The zero-order valence-electron chi connectivity index (χ0n) is 16.8. The Labute approximate surface area is 171 Å². The standard InChI is InChI=1S/C20H27N3O5S/c1-28-16-5-3-15(4-6-16)17(24)22-11-8-19(9-12-22)13-23(29(2,26)27)14-20(19)7-10-21-18(20)25/h3-6H,7-14H2,1-2H3,(H,21,25)/t20-/m1/s1. The maximum absolute atomic E-state index is 12.9. The molecule has 0 bridgehead atoms. The number of benzene rings is 1. The van der Waals surface area contributed by atoms with Crippen molar-refractivity contribution in [2.45, 2.75) is 19.3 Å². The third-order valence-corrected chi connectivity index (χ3v) is 8.22. The summed E-state index contributed by atoms with van der Waals surface area (Å²) in [5.74, 6) is 0.601. The van der Waals surface area contributed by atoms with Crippen molar-refractivity contribution in [3.63, 3.8) is 0 Å². The number of amides is 2. The monoisotopic (exact) mass is 421 g/mol. The topological polar surface area (TPSA) is 96.0 Å². The van der Waals surface area contributed by atoms with Crippen LogP contribution in [0.15, 0.2) is 24.3 Å². The van der Waals surface area contributed by atoms with Gasteiger partial charge in [0, 0.05) is 43.7 Å². The van der Waals surface area contributed by atoms with Crippen molar-refractivity contribution in [3.05, 3.63) is 29.8 Å². The van der Waals surface area contributed by atoms with Crippen LogP contribution >= 0.6 is 0 Å². The van der Waals surface area contributed by atoms with Crippen LogP contribution in [0.4, 0.5) is 0 Å². The highest BCUT2D eigenvalue weighted by Gasteiger charge is 2.65. The number of hydrogen-bond donors (Lipinski definition) is 1. The summed E-state index contributed by atoms with van der Waals surface area (Å²) in [6.07, 6.45) is 3.09. The third-order valence-electron chi connectivity index (χ3n) is 7.03. The van der Waals surface area contributed by atoms with Crippen molar-refractivity contribution >= 4 is 21.8 Å². The Kier molecular flexibility index (Phi) is 4.85. The molecule has 3 aliphatic rings. The van der Waals surface area contributed by atoms with Gasteiger partial charge in [0.05, 0.1) is 18.8 Å². The zero-order chi connectivity index (χ0) is 20.9. The normalized spacial score (nSPS) is 26.8. The Morgan fingerprint density at radius 1 is 1.10 bits per heavy atom. The van der Waals surface area contributed by atoms with Crippen molar-refractivity contribution in [3.8, 4) is 5.75 Å². The summed E-state index contributed by atoms with van der Waals surface area (Å²) >= 11 is 0. The molecular weight excluding hydrogens is 394 g/mol. The maximum atomic E-state index is 12.9. The second-order valence-corrected chi connectivity index (χ2v) is 10.4. The molecule has 0 aliphatic carbocycles. The van der Waals surface area contributed by atoms with Gasteiger partial charge in [-0.1, -0.05) is 0 Å². The summed E-state index contributed by atoms with van der Waals surface area (Å²) in [7, 11) is -1.80. The van der Waals surface area contributed by atoms with Gasteiger partial charge < -0.3 is 15.0 Å². The molecule has 3 heterocycles. The molecule has 1 N–H and O–H groups in total. The first-order valence-corrected chi connectivity index (χ1v) is 11.7. The molecule has 8 nitrogen and oxygen atoms in total. The lowest BCUT2D eigenvalue weighted by molar-refractivity contribution is -0.133. The number of sulfonamides is 1. The first-order valence-electron chi connectivity index (χ1n) is 9.88. The van der Waals surface area contributed by atoms with Crippen molar-refractivity contribution in [2.75, 3.05) is 46.1 Å². The molecule has 0 saturated carbocycles. The molecule has 2 spiro atoms. The average molecular weight is 422 g/mol. The lowest BCUT2D eigenvalue weighted by Crippen LogP contribution is -2.53. The Balaban J connectivity index is 1.54. The van der Waals surface area contributed by atoms with Crippen LogP contribution in [0, 0.1) is 10.8 Å². The van der Waals surface area contributed by atoms with E-state index in [1.165, 1.54) is 10.6 Å². The molecule has 1 aromatic rings. The minimum atomic E-state index is -3.38. The molecule has 29 heavy (non-hydrogen) atoms. The minimum absolute atomic E-state index is 0.0430. The summed E-state index contributed by atoms with van der Waals surface area (Å²) < 4.78 is 31.1. The van der Waals surface area contributed by atoms with Gasteiger partial charge in [-0.15, -0.1) is 0 Å². The number of ether oxygens (including phenoxy) is 1. The summed E-state index contributed by atoms with van der Waals surface area (Å²) in [4.78, 5) is 27.5. The lowest BCUT2D eigenvalue weighted by atomic mass is 9.60. The van der Waals surface area contributed by atoms with Crippen LogP contribution in [0.3, 0.4) is 0 Å². The van der Waals surface area contributed by atoms with E-state index in [4.69, 9.17) is 4.74 Å². The highest BCUT2D eigenvalue weighted by Crippen LogP contribution is 2.56. The molecule has 1 atom stereocenters. The number of nitrogens with one attached hydrogen (secondary N) is 1. The molecule has 1 aromatic carbocycles. The van der Waals surface area contributed by atoms with Gasteiger partial charge in [-0.25, -0.2) is 12.7 Å². The molecular formula is C20H27N3O5S. The van der Waals surface area contributed by atoms with Gasteiger partial charge in [0.15, 0.2) is 0 Å². The fourth-order valence-electron chi connectivity index (χ4n) is 5.27. The molecule has 2 amide bonds. The number of carbonyl (C=O) groups is 2. The number of fused-ring (bicyclic) bond motifs is 1. The van der Waals surface area contributed by atoms with Gasteiger partial charge in [0.2, 0.25) is 15.9 Å². The van der Waals surface area contributed by atoms with Crippen LogP contribution < -0.4 is 10.1 Å². The number of rotatable bonds is 3. The summed E-state index contributed by atoms with van der Waals surface area (Å²) in [5.41, 5.74) is -0.516. The number of likely N-dealkylation sites (tertiary alicyclic amines) is 1. The molecule has 3 saturated heterocycles. The molecule has 4 rings (SSSR count). The van der Waals surface area contributed by atoms with Crippen LogP contribution in [0.5, 0.6) is 5.75 Å². The van der Waals surface area contributed by atoms with E-state index in [0.717, 1.165) is 0 Å². The van der Waals surface area contributed by atoms with E-state index in [1.54, 1.807) is 36.3 Å². The molecule has 0 aromatic heterocycles. The van der Waals surface area contributed by atoms with Crippen LogP contribution in [0.25, 0.3) is 0 Å². The van der Waals surface area contributed by atoms with E-state index in [2.05, 4.69) is 5.32 Å². The van der Waals surface area contributed by atoms with Gasteiger partial charge in [-0.2, -0.15) is 0 Å². The zero-order valence-corrected chi connectivity index (χ0v) is 17.6. The maximum Gasteiger partial charge on any atom is 0.253 e. The number of piperidine rings is 1. The summed E-state index contributed by atoms with van der Waals surface area (Å²) in [6.45, 7) is 2.19. The highest BCUT2D eigenvalue weighted by atomic mass is 32.2. The molecule has 3 aliphatic heterocycles. The van der Waals surface area contributed by atoms with Crippen LogP contribution in [-0.2, 0) is 14.8 Å². The van der Waals surface area contributed by atoms with E-state index in [9.17, 15) is 18.0 Å². The fourth-order valence-corrected chi connectivity index (χ4v) is 6.20. The minimum Gasteiger partial charge on any atom is -0.497 e. The van der Waals surface area contributed by atoms with Crippen molar-refractivity contribution in [1.82, 2.24) is 14.5 Å². The first-order chi connectivity index (χ1) is 13.7. The van der Waals surface area contributed by atoms with Gasteiger partial charge in [0.1, 0.15) is 5.75 Å². The van der Waals surface area contributed by atoms with Gasteiger partial charge >= 0.3 is 0 Å². The second-order valence-electron chi connectivity index (χ2n) is 8.42. The summed E-state index contributed by atoms with van der Waals surface area (Å²) in [5, 5.41) is 2.91. The van der Waals surface area contributed by atoms with E-state index < -0.39 is 20.9 Å². The van der Waals surface area contributed by atoms with Crippen LogP contribution in [0.2, 0.25) is 0 Å². The largest absolute Gasteiger partial charge is 0.497 e. The highest BCUT2D eigenvalue weighted by molar-refractivity contribution is 7.88. The first kappa shape index (κ1) is 20.2. The second kappa shape index (κ2) is 6.98. The molecule has 158 valence electrons. The average Bonchev–Trinajstić information content (AvgIpc) is 3.24. The summed E-state index contributed by atoms with van der Waals surface area (Å²) in [6, 6.07) is 7.02. The predicted molar refractivity (Wildman–Crippen MR) is 107 cm³/mol. The molecule has 0 radical (unpaired) electrons. The predicted octanol–water partition coefficient (Wildman–Crippen LogP) is 0.699. The van der Waals surface area contributed by atoms with Crippen LogP contribution in [-0.4, -0.2) is 75.5 Å². The van der Waals surface area contributed by atoms with E-state index in [1.807, 2.05) is 0 Å². The van der Waals surface area contributed by atoms with Crippen molar-refractivity contribution in [2.24, 2.45) is 10.8 Å². The number of carbonyl (C=O) groups excluding carboxylic acids is 2. The molecule has 9 heteroatoms. The van der Waals surface area contributed by atoms with E-state index in [0.29, 0.717) is 56.8 Å². The van der Waals surface area contributed by atoms with Crippen LogP contribution in [0.1, 0.15) is 29.6 Å². The molecule has 0 unspecified atom stereocenters. The van der Waals surface area contributed by atoms with Gasteiger partial charge in [-0.3, -0.25) is 9.59 Å². The number of nitrogens with zero attached hydrogens (tertiary/aromatic N) is 2. The Morgan fingerprint density at radius 2 is 1.76 bits per heavy atom. The smallest absolute Gasteiger partial charge is 0.253 e. The SMILES string of the molecule is COc1ccc(C(=O)N2CCC3(CC2)CN(S(C)(=O)=O)C[C@@]32CCNC2=O)cc1. The Morgan fingerprint density at radius 3 is 2.28 bits per heavy atom. The Bertz CT molecular complexity index is 922. The fraction of sp³-hybridized carbons (Fsp3) is 0.600. The lowest BCUT2D eigenvalue weighted by Gasteiger charge is -2.46. The van der Waals surface area contributed by atoms with E-state index in [-0.39, 0.29) is 18.4 Å². The number of hydrogen-bond acceptors (Lipinski definition) is 5. The van der Waals surface area contributed by atoms with Gasteiger partial charge in [0.25, 0.3) is 5.91 Å². The number of methoxy groups -OCH3 is 1. The van der Waals surface area contributed by atoms with Gasteiger partial charge in [-0.05, 0) is 43.5 Å². The third kappa shape index (κ3) is 3.20. The van der Waals surface area contributed by atoms with E-state index >= 15 is 0 Å². The molecule has 3 fully saturated rings.